The molecule has 8 heteroatoms. The molecule has 1 N–H and O–H groups in total. The number of hydrogen-bond acceptors (Lipinski definition) is 6. The van der Waals surface area contributed by atoms with Crippen molar-refractivity contribution < 1.29 is 19.2 Å². The molecule has 0 aromatic heterocycles. The number of nitro benzene ring substituents is 1. The van der Waals surface area contributed by atoms with Crippen LogP contribution in [0.15, 0.2) is 48.5 Å². The molecular weight excluding hydrogens is 386 g/mol. The van der Waals surface area contributed by atoms with E-state index in [2.05, 4.69) is 5.32 Å². The van der Waals surface area contributed by atoms with E-state index in [1.165, 1.54) is 19.1 Å². The number of esters is 1. The van der Waals surface area contributed by atoms with Gasteiger partial charge >= 0.3 is 5.97 Å². The fourth-order valence-corrected chi connectivity index (χ4v) is 3.04. The van der Waals surface area contributed by atoms with E-state index < -0.39 is 22.9 Å². The van der Waals surface area contributed by atoms with Crippen LogP contribution in [-0.2, 0) is 9.53 Å². The Morgan fingerprint density at radius 1 is 1.17 bits per heavy atom. The molecule has 2 atom stereocenters. The summed E-state index contributed by atoms with van der Waals surface area (Å²) in [5, 5.41) is 14.2. The molecule has 0 aliphatic carbocycles. The fourth-order valence-electron chi connectivity index (χ4n) is 3.04. The van der Waals surface area contributed by atoms with Gasteiger partial charge < -0.3 is 15.0 Å². The van der Waals surface area contributed by atoms with Crippen LogP contribution in [0.4, 0.5) is 11.4 Å². The van der Waals surface area contributed by atoms with Gasteiger partial charge in [0, 0.05) is 20.2 Å². The number of hydrogen-bond donors (Lipinski definition) is 1. The summed E-state index contributed by atoms with van der Waals surface area (Å²) >= 11 is 0. The van der Waals surface area contributed by atoms with E-state index in [0.717, 1.165) is 24.5 Å². The molecule has 2 aromatic carbocycles. The molecule has 1 amide bonds. The molecule has 8 nitrogen and oxygen atoms in total. The first-order valence-electron chi connectivity index (χ1n) is 9.76. The first-order valence-corrected chi connectivity index (χ1v) is 9.76. The molecule has 2 aromatic rings. The van der Waals surface area contributed by atoms with Gasteiger partial charge in [0.1, 0.15) is 5.69 Å². The third-order valence-electron chi connectivity index (χ3n) is 4.64. The zero-order valence-corrected chi connectivity index (χ0v) is 17.6. The largest absolute Gasteiger partial charge is 0.449 e. The number of anilines is 1. The van der Waals surface area contributed by atoms with E-state index in [9.17, 15) is 19.7 Å². The van der Waals surface area contributed by atoms with Gasteiger partial charge in [-0.3, -0.25) is 14.9 Å². The van der Waals surface area contributed by atoms with E-state index in [0.29, 0.717) is 5.69 Å². The lowest BCUT2D eigenvalue weighted by Gasteiger charge is -2.21. The molecule has 0 spiro atoms. The Morgan fingerprint density at radius 3 is 2.40 bits per heavy atom. The average molecular weight is 413 g/mol. The van der Waals surface area contributed by atoms with Gasteiger partial charge in [-0.2, -0.15) is 0 Å². The van der Waals surface area contributed by atoms with Crippen molar-refractivity contribution >= 4 is 23.3 Å². The van der Waals surface area contributed by atoms with E-state index in [-0.39, 0.29) is 17.3 Å². The lowest BCUT2D eigenvalue weighted by molar-refractivity contribution is -0.384. The summed E-state index contributed by atoms with van der Waals surface area (Å²) in [5.74, 6) is -1.22. The Labute approximate surface area is 176 Å². The van der Waals surface area contributed by atoms with Crippen molar-refractivity contribution in [2.24, 2.45) is 0 Å². The number of carbonyl (C=O) groups excluding carboxylic acids is 2. The van der Waals surface area contributed by atoms with Crippen LogP contribution in [0.25, 0.3) is 0 Å². The summed E-state index contributed by atoms with van der Waals surface area (Å²) in [7, 11) is 3.35. The number of nitro groups is 1. The molecule has 0 heterocycles. The number of amides is 1. The minimum absolute atomic E-state index is 0.0140. The van der Waals surface area contributed by atoms with Crippen LogP contribution in [0.3, 0.4) is 0 Å². The van der Waals surface area contributed by atoms with Gasteiger partial charge in [0.25, 0.3) is 11.6 Å². The van der Waals surface area contributed by atoms with Crippen molar-refractivity contribution in [3.8, 4) is 0 Å². The lowest BCUT2D eigenvalue weighted by atomic mass is 10.0. The van der Waals surface area contributed by atoms with Crippen LogP contribution in [0.2, 0.25) is 0 Å². The predicted molar refractivity (Wildman–Crippen MR) is 115 cm³/mol. The smallest absolute Gasteiger partial charge is 0.339 e. The number of nitrogens with one attached hydrogen (secondary N) is 1. The fraction of sp³-hybridized carbons (Fsp3) is 0.364. The number of carbonyl (C=O) groups is 2. The number of rotatable bonds is 9. The second-order valence-corrected chi connectivity index (χ2v) is 7.16. The third-order valence-corrected chi connectivity index (χ3v) is 4.64. The molecule has 0 saturated carbocycles. The van der Waals surface area contributed by atoms with Crippen molar-refractivity contribution in [1.29, 1.82) is 0 Å². The van der Waals surface area contributed by atoms with E-state index in [1.807, 2.05) is 37.3 Å². The zero-order valence-electron chi connectivity index (χ0n) is 17.6. The maximum atomic E-state index is 12.6. The van der Waals surface area contributed by atoms with Crippen molar-refractivity contribution in [3.63, 3.8) is 0 Å². The van der Waals surface area contributed by atoms with Crippen LogP contribution < -0.4 is 10.2 Å². The summed E-state index contributed by atoms with van der Waals surface area (Å²) in [6.45, 7) is 3.50. The number of nitrogens with zero attached hydrogens (tertiary/aromatic N) is 2. The second kappa shape index (κ2) is 10.4. The van der Waals surface area contributed by atoms with Crippen molar-refractivity contribution in [3.05, 3.63) is 69.8 Å². The molecule has 2 rings (SSSR count). The minimum Gasteiger partial charge on any atom is -0.449 e. The molecule has 0 aliphatic rings. The molecule has 160 valence electrons. The quantitative estimate of drug-likeness (QED) is 0.380. The van der Waals surface area contributed by atoms with Crippen molar-refractivity contribution in [2.75, 3.05) is 19.0 Å². The molecular formula is C22H27N3O5. The molecule has 0 radical (unpaired) electrons. The molecule has 0 bridgehead atoms. The van der Waals surface area contributed by atoms with Gasteiger partial charge in [0.2, 0.25) is 0 Å². The molecule has 0 aliphatic heterocycles. The second-order valence-electron chi connectivity index (χ2n) is 7.16. The van der Waals surface area contributed by atoms with Crippen LogP contribution in [0.5, 0.6) is 0 Å². The highest BCUT2D eigenvalue weighted by Gasteiger charge is 2.24. The third kappa shape index (κ3) is 5.79. The maximum absolute atomic E-state index is 12.6. The van der Waals surface area contributed by atoms with Crippen LogP contribution in [0.1, 0.15) is 48.7 Å². The van der Waals surface area contributed by atoms with Gasteiger partial charge in [0.05, 0.1) is 16.5 Å². The summed E-state index contributed by atoms with van der Waals surface area (Å²) < 4.78 is 5.26. The highest BCUT2D eigenvalue weighted by Crippen LogP contribution is 2.28. The molecule has 30 heavy (non-hydrogen) atoms. The Bertz CT molecular complexity index is 899. The Morgan fingerprint density at radius 2 is 1.83 bits per heavy atom. The average Bonchev–Trinajstić information content (AvgIpc) is 2.73. The summed E-state index contributed by atoms with van der Waals surface area (Å²) in [6.07, 6.45) is 0.568. The van der Waals surface area contributed by atoms with Gasteiger partial charge in [-0.15, -0.1) is 0 Å². The first-order chi connectivity index (χ1) is 14.2. The molecule has 0 fully saturated rings. The summed E-state index contributed by atoms with van der Waals surface area (Å²) in [4.78, 5) is 37.4. The Balaban J connectivity index is 2.10. The monoisotopic (exact) mass is 413 g/mol. The first kappa shape index (κ1) is 22.9. The number of ether oxygens (including phenoxy) is 1. The minimum atomic E-state index is -1.05. The van der Waals surface area contributed by atoms with Crippen molar-refractivity contribution in [2.45, 2.75) is 38.8 Å². The summed E-state index contributed by atoms with van der Waals surface area (Å²) in [6, 6.07) is 13.5. The SMILES string of the molecule is CCC[C@H](NC(=O)[C@H](C)OC(=O)c1ccc(N(C)C)c([N+](=O)[O-])c1)c1ccccc1. The number of benzene rings is 2. The summed E-state index contributed by atoms with van der Waals surface area (Å²) in [5.41, 5.74) is 1.15. The van der Waals surface area contributed by atoms with Crippen LogP contribution in [0, 0.1) is 10.1 Å². The highest BCUT2D eigenvalue weighted by molar-refractivity contribution is 5.93. The van der Waals surface area contributed by atoms with E-state index in [4.69, 9.17) is 4.74 Å². The standard InChI is InChI=1S/C22H27N3O5/c1-5-9-18(16-10-7-6-8-11-16)23-21(26)15(2)30-22(27)17-12-13-19(24(3)4)20(14-17)25(28)29/h6-8,10-15,18H,5,9H2,1-4H3,(H,23,26)/t15-,18-/m0/s1. The maximum Gasteiger partial charge on any atom is 0.339 e. The zero-order chi connectivity index (χ0) is 22.3. The lowest BCUT2D eigenvalue weighted by Crippen LogP contribution is -2.38. The Kier molecular flexibility index (Phi) is 7.91. The highest BCUT2D eigenvalue weighted by atomic mass is 16.6. The van der Waals surface area contributed by atoms with Crippen molar-refractivity contribution in [1.82, 2.24) is 5.32 Å². The van der Waals surface area contributed by atoms with E-state index >= 15 is 0 Å². The van der Waals surface area contributed by atoms with E-state index in [1.54, 1.807) is 19.0 Å². The van der Waals surface area contributed by atoms with Crippen LogP contribution in [-0.4, -0.2) is 37.0 Å². The molecule has 0 saturated heterocycles. The van der Waals surface area contributed by atoms with Gasteiger partial charge in [-0.1, -0.05) is 43.7 Å². The van der Waals surface area contributed by atoms with Gasteiger partial charge in [0.15, 0.2) is 6.10 Å². The van der Waals surface area contributed by atoms with Gasteiger partial charge in [-0.05, 0) is 31.0 Å². The Hall–Kier alpha value is -3.42. The molecule has 0 unspecified atom stereocenters. The van der Waals surface area contributed by atoms with Crippen LogP contribution >= 0.6 is 0 Å². The normalized spacial score (nSPS) is 12.5. The topological polar surface area (TPSA) is 102 Å². The predicted octanol–water partition coefficient (Wildman–Crippen LogP) is 3.86. The van der Waals surface area contributed by atoms with Gasteiger partial charge in [-0.25, -0.2) is 4.79 Å².